The van der Waals surface area contributed by atoms with Crippen molar-refractivity contribution in [2.24, 2.45) is 0 Å². The quantitative estimate of drug-likeness (QED) is 0.681. The molecule has 0 spiro atoms. The van der Waals surface area contributed by atoms with Gasteiger partial charge in [-0.05, 0) is 71.4 Å². The maximum Gasteiger partial charge on any atom is 0.229 e. The molecule has 0 unspecified atom stereocenters. The molecule has 0 aromatic heterocycles. The second kappa shape index (κ2) is 7.28. The van der Waals surface area contributed by atoms with Crippen molar-refractivity contribution >= 4 is 27.4 Å². The van der Waals surface area contributed by atoms with Crippen LogP contribution < -0.4 is 4.72 Å². The van der Waals surface area contributed by atoms with E-state index in [-0.39, 0.29) is 0 Å². The van der Waals surface area contributed by atoms with Crippen molar-refractivity contribution in [1.82, 2.24) is 0 Å². The minimum absolute atomic E-state index is 0.572. The highest BCUT2D eigenvalue weighted by Crippen LogP contribution is 2.35. The molecular formula is C24H23NO2S. The summed E-state index contributed by atoms with van der Waals surface area (Å²) in [4.78, 5) is 0. The first-order chi connectivity index (χ1) is 13.4. The molecule has 3 aromatic rings. The summed E-state index contributed by atoms with van der Waals surface area (Å²) in [6, 6.07) is 22.7. The molecule has 0 saturated carbocycles. The molecule has 142 valence electrons. The highest BCUT2D eigenvalue weighted by molar-refractivity contribution is 7.92. The highest BCUT2D eigenvalue weighted by atomic mass is 32.2. The van der Waals surface area contributed by atoms with Gasteiger partial charge in [0.05, 0.1) is 6.26 Å². The lowest BCUT2D eigenvalue weighted by Crippen LogP contribution is -2.09. The molecule has 0 fully saturated rings. The molecule has 0 radical (unpaired) electrons. The van der Waals surface area contributed by atoms with Crippen LogP contribution in [0.25, 0.3) is 11.6 Å². The van der Waals surface area contributed by atoms with Crippen LogP contribution in [0.1, 0.15) is 33.4 Å². The molecule has 0 bridgehead atoms. The van der Waals surface area contributed by atoms with Crippen molar-refractivity contribution in [2.75, 3.05) is 11.0 Å². The van der Waals surface area contributed by atoms with E-state index in [1.165, 1.54) is 39.6 Å². The fourth-order valence-electron chi connectivity index (χ4n) is 3.80. The summed E-state index contributed by atoms with van der Waals surface area (Å²) in [5.41, 5.74) is 9.14. The summed E-state index contributed by atoms with van der Waals surface area (Å²) in [6.45, 7) is 2.12. The van der Waals surface area contributed by atoms with Crippen molar-refractivity contribution in [1.29, 1.82) is 0 Å². The fourth-order valence-corrected chi connectivity index (χ4v) is 4.36. The molecule has 3 nitrogen and oxygen atoms in total. The number of anilines is 1. The third-order valence-electron chi connectivity index (χ3n) is 5.03. The monoisotopic (exact) mass is 389 g/mol. The standard InChI is InChI=1S/C24H23NO2S/c1-17-10-11-20-13-12-19-7-3-4-9-22(19)24(23(20)14-17)16-18-6-5-8-21(15-18)25-28(2,26)27/h3-11,14-16,25H,12-13H2,1-2H3/b24-16-. The van der Waals surface area contributed by atoms with Gasteiger partial charge in [-0.15, -0.1) is 0 Å². The van der Waals surface area contributed by atoms with Crippen molar-refractivity contribution in [2.45, 2.75) is 19.8 Å². The van der Waals surface area contributed by atoms with E-state index >= 15 is 0 Å². The van der Waals surface area contributed by atoms with Gasteiger partial charge in [0, 0.05) is 5.69 Å². The first kappa shape index (κ1) is 18.5. The summed E-state index contributed by atoms with van der Waals surface area (Å²) < 4.78 is 25.7. The minimum Gasteiger partial charge on any atom is -0.284 e. The van der Waals surface area contributed by atoms with Gasteiger partial charge in [-0.3, -0.25) is 4.72 Å². The average Bonchev–Trinajstić information content (AvgIpc) is 2.78. The summed E-state index contributed by atoms with van der Waals surface area (Å²) in [6.07, 6.45) is 5.35. The van der Waals surface area contributed by atoms with E-state index in [9.17, 15) is 8.42 Å². The number of benzene rings is 3. The zero-order valence-electron chi connectivity index (χ0n) is 16.1. The largest absolute Gasteiger partial charge is 0.284 e. The van der Waals surface area contributed by atoms with Gasteiger partial charge in [0.2, 0.25) is 10.0 Å². The molecule has 4 rings (SSSR count). The highest BCUT2D eigenvalue weighted by Gasteiger charge is 2.18. The molecule has 1 aliphatic rings. The summed E-state index contributed by atoms with van der Waals surface area (Å²) in [5, 5.41) is 0. The van der Waals surface area contributed by atoms with E-state index in [0.717, 1.165) is 18.4 Å². The number of fused-ring (bicyclic) bond motifs is 2. The van der Waals surface area contributed by atoms with Gasteiger partial charge in [0.25, 0.3) is 0 Å². The Hall–Kier alpha value is -2.85. The summed E-state index contributed by atoms with van der Waals surface area (Å²) >= 11 is 0. The van der Waals surface area contributed by atoms with Gasteiger partial charge in [-0.2, -0.15) is 0 Å². The van der Waals surface area contributed by atoms with Crippen LogP contribution in [0.15, 0.2) is 66.7 Å². The molecule has 0 saturated heterocycles. The van der Waals surface area contributed by atoms with Crippen LogP contribution in [0.2, 0.25) is 0 Å². The molecule has 3 aromatic carbocycles. The predicted octanol–water partition coefficient (Wildman–Crippen LogP) is 5.05. The molecule has 0 amide bonds. The van der Waals surface area contributed by atoms with Gasteiger partial charge in [0.1, 0.15) is 0 Å². The van der Waals surface area contributed by atoms with E-state index in [0.29, 0.717) is 5.69 Å². The Balaban J connectivity index is 1.89. The van der Waals surface area contributed by atoms with Crippen LogP contribution in [-0.4, -0.2) is 14.7 Å². The minimum atomic E-state index is -3.31. The Morgan fingerprint density at radius 1 is 0.857 bits per heavy atom. The maximum atomic E-state index is 11.6. The topological polar surface area (TPSA) is 46.2 Å². The number of rotatable bonds is 3. The first-order valence-electron chi connectivity index (χ1n) is 9.37. The number of hydrogen-bond acceptors (Lipinski definition) is 2. The Kier molecular flexibility index (Phi) is 4.82. The zero-order valence-corrected chi connectivity index (χ0v) is 16.9. The van der Waals surface area contributed by atoms with Gasteiger partial charge < -0.3 is 0 Å². The fraction of sp³-hybridized carbons (Fsp3) is 0.167. The lowest BCUT2D eigenvalue weighted by atomic mass is 9.91. The van der Waals surface area contributed by atoms with E-state index in [2.05, 4.69) is 60.2 Å². The smallest absolute Gasteiger partial charge is 0.229 e. The normalized spacial score (nSPS) is 14.9. The second-order valence-electron chi connectivity index (χ2n) is 7.38. The molecule has 28 heavy (non-hydrogen) atoms. The lowest BCUT2D eigenvalue weighted by Gasteiger charge is -2.13. The zero-order chi connectivity index (χ0) is 19.7. The first-order valence-corrected chi connectivity index (χ1v) is 11.3. The maximum absolute atomic E-state index is 11.6. The summed E-state index contributed by atoms with van der Waals surface area (Å²) in [7, 11) is -3.31. The number of aryl methyl sites for hydroxylation is 3. The molecule has 1 N–H and O–H groups in total. The Morgan fingerprint density at radius 3 is 2.39 bits per heavy atom. The Bertz CT molecular complexity index is 1180. The average molecular weight is 390 g/mol. The molecule has 0 aliphatic heterocycles. The Labute approximate surface area is 166 Å². The second-order valence-corrected chi connectivity index (χ2v) is 9.12. The van der Waals surface area contributed by atoms with Crippen LogP contribution in [0.3, 0.4) is 0 Å². The number of hydrogen-bond donors (Lipinski definition) is 1. The molecular weight excluding hydrogens is 366 g/mol. The summed E-state index contributed by atoms with van der Waals surface area (Å²) in [5.74, 6) is 0. The van der Waals surface area contributed by atoms with E-state index in [1.807, 2.05) is 18.2 Å². The van der Waals surface area contributed by atoms with Crippen LogP contribution in [0.5, 0.6) is 0 Å². The molecule has 4 heteroatoms. The van der Waals surface area contributed by atoms with Gasteiger partial charge in [-0.25, -0.2) is 8.42 Å². The Morgan fingerprint density at radius 2 is 1.61 bits per heavy atom. The van der Waals surface area contributed by atoms with Crippen molar-refractivity contribution in [3.63, 3.8) is 0 Å². The van der Waals surface area contributed by atoms with Crippen molar-refractivity contribution in [3.8, 4) is 0 Å². The van der Waals surface area contributed by atoms with Crippen LogP contribution >= 0.6 is 0 Å². The van der Waals surface area contributed by atoms with E-state index in [4.69, 9.17) is 0 Å². The lowest BCUT2D eigenvalue weighted by molar-refractivity contribution is 0.607. The van der Waals surface area contributed by atoms with E-state index in [1.54, 1.807) is 6.07 Å². The van der Waals surface area contributed by atoms with Gasteiger partial charge in [0.15, 0.2) is 0 Å². The molecule has 0 atom stereocenters. The third-order valence-corrected chi connectivity index (χ3v) is 5.63. The van der Waals surface area contributed by atoms with Gasteiger partial charge >= 0.3 is 0 Å². The predicted molar refractivity (Wildman–Crippen MR) is 117 cm³/mol. The van der Waals surface area contributed by atoms with Crippen LogP contribution in [0, 0.1) is 6.92 Å². The molecule has 0 heterocycles. The van der Waals surface area contributed by atoms with Gasteiger partial charge in [-0.1, -0.05) is 60.2 Å². The van der Waals surface area contributed by atoms with Crippen molar-refractivity contribution < 1.29 is 8.42 Å². The van der Waals surface area contributed by atoms with Crippen LogP contribution in [0.4, 0.5) is 5.69 Å². The molecule has 1 aliphatic carbocycles. The third kappa shape index (κ3) is 4.02. The van der Waals surface area contributed by atoms with E-state index < -0.39 is 10.0 Å². The van der Waals surface area contributed by atoms with Crippen molar-refractivity contribution in [3.05, 3.63) is 100 Å². The number of sulfonamides is 1. The van der Waals surface area contributed by atoms with Crippen LogP contribution in [-0.2, 0) is 22.9 Å². The SMILES string of the molecule is Cc1ccc2c(c1)/C(=C\c1cccc(NS(C)(=O)=O)c1)c1ccccc1CC2. The number of nitrogens with one attached hydrogen (secondary N) is 1.